The molecule has 43 heavy (non-hydrogen) atoms. The highest BCUT2D eigenvalue weighted by atomic mass is 35.5. The van der Waals surface area contributed by atoms with Crippen LogP contribution in [0.5, 0.6) is 0 Å². The predicted octanol–water partition coefficient (Wildman–Crippen LogP) is 8.13. The van der Waals surface area contributed by atoms with Gasteiger partial charge < -0.3 is 10.6 Å². The summed E-state index contributed by atoms with van der Waals surface area (Å²) in [6.07, 6.45) is -0.489. The Hall–Kier alpha value is -4.69. The maximum absolute atomic E-state index is 13.8. The summed E-state index contributed by atoms with van der Waals surface area (Å²) in [5.74, 6) is -0.393. The van der Waals surface area contributed by atoms with Crippen molar-refractivity contribution in [1.29, 1.82) is 5.26 Å². The molecular weight excluding hydrogens is 582 g/mol. The van der Waals surface area contributed by atoms with E-state index in [-0.39, 0.29) is 16.3 Å². The summed E-state index contributed by atoms with van der Waals surface area (Å²) >= 11 is 6.67. The van der Waals surface area contributed by atoms with Crippen LogP contribution in [0.2, 0.25) is 5.02 Å². The van der Waals surface area contributed by atoms with Crippen molar-refractivity contribution < 1.29 is 17.6 Å². The Balaban J connectivity index is 1.43. The van der Waals surface area contributed by atoms with E-state index in [0.717, 1.165) is 12.8 Å². The van der Waals surface area contributed by atoms with Gasteiger partial charge in [-0.05, 0) is 48.2 Å². The molecule has 6 rings (SSSR count). The topological polar surface area (TPSA) is 91.5 Å². The number of nitrogens with one attached hydrogen (secondary N) is 2. The maximum Gasteiger partial charge on any atom is 0.391 e. The van der Waals surface area contributed by atoms with E-state index in [1.54, 1.807) is 59.3 Å². The maximum atomic E-state index is 13.8. The fourth-order valence-electron chi connectivity index (χ4n) is 5.02. The molecule has 12 heteroatoms. The molecule has 0 radical (unpaired) electrons. The number of hydrogen-bond acceptors (Lipinski definition) is 6. The highest BCUT2D eigenvalue weighted by molar-refractivity contribution is 6.35. The molecule has 2 atom stereocenters. The fourth-order valence-corrected chi connectivity index (χ4v) is 5.28. The summed E-state index contributed by atoms with van der Waals surface area (Å²) in [5, 5.41) is 25.5. The molecule has 2 N–H and O–H groups in total. The van der Waals surface area contributed by atoms with E-state index < -0.39 is 30.5 Å². The van der Waals surface area contributed by atoms with Crippen molar-refractivity contribution in [3.63, 3.8) is 0 Å². The van der Waals surface area contributed by atoms with Crippen LogP contribution in [0.3, 0.4) is 0 Å². The van der Waals surface area contributed by atoms with E-state index in [1.165, 1.54) is 18.3 Å². The largest absolute Gasteiger partial charge is 0.391 e. The van der Waals surface area contributed by atoms with E-state index in [0.29, 0.717) is 39.5 Å². The average molecular weight is 606 g/mol. The number of aromatic nitrogens is 4. The molecule has 1 aliphatic rings. The minimum atomic E-state index is -4.48. The molecule has 0 bridgehead atoms. The molecule has 1 aliphatic carbocycles. The highest BCUT2D eigenvalue weighted by Gasteiger charge is 2.33. The zero-order chi connectivity index (χ0) is 30.1. The summed E-state index contributed by atoms with van der Waals surface area (Å²) in [6, 6.07) is 18.1. The third-order valence-electron chi connectivity index (χ3n) is 7.26. The third kappa shape index (κ3) is 6.39. The van der Waals surface area contributed by atoms with Gasteiger partial charge in [0, 0.05) is 17.3 Å². The second-order valence-corrected chi connectivity index (χ2v) is 10.8. The lowest BCUT2D eigenvalue weighted by atomic mass is 10.0. The Morgan fingerprint density at radius 3 is 2.44 bits per heavy atom. The Morgan fingerprint density at radius 1 is 1.02 bits per heavy atom. The summed E-state index contributed by atoms with van der Waals surface area (Å²) in [6.45, 7) is 0. The van der Waals surface area contributed by atoms with Gasteiger partial charge in [-0.25, -0.2) is 9.07 Å². The van der Waals surface area contributed by atoms with Crippen LogP contribution in [0.25, 0.3) is 10.9 Å². The monoisotopic (exact) mass is 605 g/mol. The number of nitrogens with zero attached hydrogens (tertiary/aromatic N) is 5. The molecule has 7 nitrogen and oxygen atoms in total. The second-order valence-electron chi connectivity index (χ2n) is 10.4. The van der Waals surface area contributed by atoms with Crippen molar-refractivity contribution >= 4 is 33.9 Å². The van der Waals surface area contributed by atoms with Gasteiger partial charge in [-0.1, -0.05) is 59.3 Å². The van der Waals surface area contributed by atoms with Crippen LogP contribution >= 0.6 is 11.6 Å². The van der Waals surface area contributed by atoms with Gasteiger partial charge >= 0.3 is 6.18 Å². The SMILES string of the molecule is N#Cc1cnc2c(Cl)cc(N[C@@H](c3ccc(F)cc3)c3cn(C4CC4)nn3)cc2c1NC(CC(F)(F)F)c1ccccc1. The first-order chi connectivity index (χ1) is 20.7. The molecule has 0 spiro atoms. The van der Waals surface area contributed by atoms with Crippen molar-refractivity contribution in [2.24, 2.45) is 0 Å². The lowest BCUT2D eigenvalue weighted by molar-refractivity contribution is -0.137. The number of nitriles is 1. The van der Waals surface area contributed by atoms with Crippen molar-refractivity contribution in [1.82, 2.24) is 20.0 Å². The number of halogens is 5. The van der Waals surface area contributed by atoms with Gasteiger partial charge in [0.25, 0.3) is 0 Å². The highest BCUT2D eigenvalue weighted by Crippen LogP contribution is 2.39. The summed E-state index contributed by atoms with van der Waals surface area (Å²) < 4.78 is 56.6. The standard InChI is InChI=1S/C31H24ClF4N7/c32-25-13-22(39-29(19-6-8-21(33)9-7-19)27-17-43(42-41-27)23-10-11-23)12-24-28(20(15-37)16-38-30(24)25)40-26(14-31(34,35)36)18-4-2-1-3-5-18/h1-9,12-13,16-17,23,26,29,39H,10-11,14H2,(H,38,40)/t26?,29-/m0/s1. The Morgan fingerprint density at radius 2 is 1.77 bits per heavy atom. The van der Waals surface area contributed by atoms with Gasteiger partial charge in [0.05, 0.1) is 52.5 Å². The molecule has 0 aliphatic heterocycles. The molecule has 1 fully saturated rings. The second kappa shape index (κ2) is 11.5. The first kappa shape index (κ1) is 28.4. The molecule has 3 aromatic carbocycles. The van der Waals surface area contributed by atoms with Gasteiger partial charge in [0.2, 0.25) is 0 Å². The van der Waals surface area contributed by atoms with Gasteiger partial charge in [0.15, 0.2) is 0 Å². The number of anilines is 2. The average Bonchev–Trinajstić information content (AvgIpc) is 3.72. The number of alkyl halides is 3. The zero-order valence-electron chi connectivity index (χ0n) is 22.5. The van der Waals surface area contributed by atoms with E-state index in [1.807, 2.05) is 12.3 Å². The summed E-state index contributed by atoms with van der Waals surface area (Å²) in [5.41, 5.74) is 2.73. The molecular formula is C31H24ClF4N7. The fraction of sp³-hybridized carbons (Fsp3) is 0.226. The van der Waals surface area contributed by atoms with Crippen LogP contribution < -0.4 is 10.6 Å². The number of hydrogen-bond donors (Lipinski definition) is 2. The molecule has 2 aromatic heterocycles. The predicted molar refractivity (Wildman–Crippen MR) is 155 cm³/mol. The number of benzene rings is 3. The quantitative estimate of drug-likeness (QED) is 0.165. The Bertz CT molecular complexity index is 1800. The van der Waals surface area contributed by atoms with Crippen LogP contribution in [0.15, 0.2) is 79.1 Å². The molecule has 0 amide bonds. The molecule has 5 aromatic rings. The number of pyridine rings is 1. The molecule has 218 valence electrons. The molecule has 1 saturated carbocycles. The lowest BCUT2D eigenvalue weighted by Crippen LogP contribution is -2.21. The minimum absolute atomic E-state index is 0.0614. The van der Waals surface area contributed by atoms with Crippen LogP contribution in [-0.4, -0.2) is 26.2 Å². The third-order valence-corrected chi connectivity index (χ3v) is 7.55. The Kier molecular flexibility index (Phi) is 7.62. The number of rotatable bonds is 9. The summed E-state index contributed by atoms with van der Waals surface area (Å²) in [4.78, 5) is 4.33. The van der Waals surface area contributed by atoms with Crippen LogP contribution in [0, 0.1) is 17.1 Å². The number of fused-ring (bicyclic) bond motifs is 1. The smallest absolute Gasteiger partial charge is 0.376 e. The van der Waals surface area contributed by atoms with Crippen molar-refractivity contribution in [3.05, 3.63) is 112 Å². The van der Waals surface area contributed by atoms with E-state index in [4.69, 9.17) is 11.6 Å². The van der Waals surface area contributed by atoms with Gasteiger partial charge in [-0.3, -0.25) is 4.98 Å². The van der Waals surface area contributed by atoms with Crippen molar-refractivity contribution in [2.75, 3.05) is 10.6 Å². The van der Waals surface area contributed by atoms with Crippen LogP contribution in [-0.2, 0) is 0 Å². The minimum Gasteiger partial charge on any atom is -0.376 e. The van der Waals surface area contributed by atoms with Gasteiger partial charge in [0.1, 0.15) is 17.6 Å². The molecule has 1 unspecified atom stereocenters. The normalized spacial score (nSPS) is 14.7. The van der Waals surface area contributed by atoms with E-state index in [2.05, 4.69) is 25.9 Å². The van der Waals surface area contributed by atoms with Gasteiger partial charge in [-0.15, -0.1) is 5.10 Å². The first-order valence-electron chi connectivity index (χ1n) is 13.5. The van der Waals surface area contributed by atoms with Crippen LogP contribution in [0.1, 0.15) is 59.8 Å². The van der Waals surface area contributed by atoms with Crippen molar-refractivity contribution in [2.45, 2.75) is 43.6 Å². The van der Waals surface area contributed by atoms with E-state index in [9.17, 15) is 22.8 Å². The molecule has 2 heterocycles. The summed E-state index contributed by atoms with van der Waals surface area (Å²) in [7, 11) is 0. The van der Waals surface area contributed by atoms with Crippen LogP contribution in [0.4, 0.5) is 28.9 Å². The molecule has 0 saturated heterocycles. The van der Waals surface area contributed by atoms with Crippen molar-refractivity contribution in [3.8, 4) is 6.07 Å². The van der Waals surface area contributed by atoms with E-state index >= 15 is 0 Å². The first-order valence-corrected chi connectivity index (χ1v) is 13.9. The van der Waals surface area contributed by atoms with Gasteiger partial charge in [-0.2, -0.15) is 18.4 Å². The zero-order valence-corrected chi connectivity index (χ0v) is 23.2. The lowest BCUT2D eigenvalue weighted by Gasteiger charge is -2.24. The Labute approximate surface area is 249 Å².